The number of amides is 1. The average molecular weight is 222 g/mol. The van der Waals surface area contributed by atoms with Crippen LogP contribution in [0.15, 0.2) is 0 Å². The summed E-state index contributed by atoms with van der Waals surface area (Å²) in [4.78, 5) is 12.2. The standard InChI is InChI=1S/C13H22N2O/c16-13(15-11-2-1-7-14-8-11)12(9-3-4-9)10-5-6-10/h9-12,14H,1-8H2,(H,15,16). The fraction of sp³-hybridized carbons (Fsp3) is 0.923. The Morgan fingerprint density at radius 3 is 2.31 bits per heavy atom. The third-order valence-electron chi connectivity index (χ3n) is 4.21. The molecule has 3 aliphatic rings. The van der Waals surface area contributed by atoms with Crippen LogP contribution in [0.2, 0.25) is 0 Å². The van der Waals surface area contributed by atoms with Crippen LogP contribution in [-0.2, 0) is 4.79 Å². The maximum atomic E-state index is 12.2. The Labute approximate surface area is 97.4 Å². The number of carbonyl (C=O) groups excluding carboxylic acids is 1. The zero-order valence-corrected chi connectivity index (χ0v) is 9.87. The molecule has 1 aliphatic heterocycles. The summed E-state index contributed by atoms with van der Waals surface area (Å²) in [6.07, 6.45) is 7.51. The van der Waals surface area contributed by atoms with Crippen molar-refractivity contribution in [3.05, 3.63) is 0 Å². The monoisotopic (exact) mass is 222 g/mol. The van der Waals surface area contributed by atoms with Gasteiger partial charge >= 0.3 is 0 Å². The second kappa shape index (κ2) is 4.36. The van der Waals surface area contributed by atoms with Crippen LogP contribution in [0.25, 0.3) is 0 Å². The predicted molar refractivity (Wildman–Crippen MR) is 63.0 cm³/mol. The summed E-state index contributed by atoms with van der Waals surface area (Å²) in [6.45, 7) is 2.08. The highest BCUT2D eigenvalue weighted by atomic mass is 16.2. The van der Waals surface area contributed by atoms with E-state index in [1.54, 1.807) is 0 Å². The van der Waals surface area contributed by atoms with E-state index in [0.717, 1.165) is 31.3 Å². The lowest BCUT2D eigenvalue weighted by Gasteiger charge is -2.26. The molecule has 16 heavy (non-hydrogen) atoms. The van der Waals surface area contributed by atoms with Gasteiger partial charge in [-0.2, -0.15) is 0 Å². The topological polar surface area (TPSA) is 41.1 Å². The maximum absolute atomic E-state index is 12.2. The van der Waals surface area contributed by atoms with Gasteiger partial charge in [0.25, 0.3) is 0 Å². The lowest BCUT2D eigenvalue weighted by molar-refractivity contribution is -0.127. The molecule has 0 aromatic rings. The van der Waals surface area contributed by atoms with Crippen LogP contribution in [0.3, 0.4) is 0 Å². The van der Waals surface area contributed by atoms with Gasteiger partial charge in [-0.15, -0.1) is 0 Å². The van der Waals surface area contributed by atoms with Crippen molar-refractivity contribution in [1.82, 2.24) is 10.6 Å². The van der Waals surface area contributed by atoms with Gasteiger partial charge in [-0.05, 0) is 56.9 Å². The molecule has 0 aromatic carbocycles. The van der Waals surface area contributed by atoms with Crippen LogP contribution >= 0.6 is 0 Å². The summed E-state index contributed by atoms with van der Waals surface area (Å²) < 4.78 is 0. The zero-order valence-electron chi connectivity index (χ0n) is 9.87. The number of hydrogen-bond acceptors (Lipinski definition) is 2. The summed E-state index contributed by atoms with van der Waals surface area (Å²) >= 11 is 0. The second-order valence-corrected chi connectivity index (χ2v) is 5.75. The zero-order chi connectivity index (χ0) is 11.0. The van der Waals surface area contributed by atoms with Gasteiger partial charge in [0, 0.05) is 18.5 Å². The maximum Gasteiger partial charge on any atom is 0.223 e. The average Bonchev–Trinajstić information content (AvgIpc) is 3.13. The van der Waals surface area contributed by atoms with Gasteiger partial charge in [-0.25, -0.2) is 0 Å². The van der Waals surface area contributed by atoms with E-state index in [-0.39, 0.29) is 0 Å². The number of nitrogens with one attached hydrogen (secondary N) is 2. The fourth-order valence-electron chi connectivity index (χ4n) is 3.00. The van der Waals surface area contributed by atoms with Crippen LogP contribution in [-0.4, -0.2) is 25.0 Å². The lowest BCUT2D eigenvalue weighted by atomic mass is 9.96. The Morgan fingerprint density at radius 1 is 1.12 bits per heavy atom. The van der Waals surface area contributed by atoms with Gasteiger partial charge in [0.2, 0.25) is 5.91 Å². The molecular formula is C13H22N2O. The molecule has 0 aromatic heterocycles. The van der Waals surface area contributed by atoms with E-state index in [9.17, 15) is 4.79 Å². The molecule has 3 fully saturated rings. The van der Waals surface area contributed by atoms with E-state index < -0.39 is 0 Å². The van der Waals surface area contributed by atoms with Crippen LogP contribution in [0, 0.1) is 17.8 Å². The van der Waals surface area contributed by atoms with E-state index in [1.165, 1.54) is 32.1 Å². The molecule has 0 bridgehead atoms. The van der Waals surface area contributed by atoms with E-state index in [4.69, 9.17) is 0 Å². The molecule has 90 valence electrons. The molecule has 0 radical (unpaired) electrons. The van der Waals surface area contributed by atoms with Crippen molar-refractivity contribution in [3.8, 4) is 0 Å². The third kappa shape index (κ3) is 2.40. The second-order valence-electron chi connectivity index (χ2n) is 5.75. The Hall–Kier alpha value is -0.570. The van der Waals surface area contributed by atoms with Crippen molar-refractivity contribution in [3.63, 3.8) is 0 Å². The van der Waals surface area contributed by atoms with Gasteiger partial charge in [-0.1, -0.05) is 0 Å². The van der Waals surface area contributed by atoms with E-state index in [0.29, 0.717) is 17.9 Å². The number of piperidine rings is 1. The summed E-state index contributed by atoms with van der Waals surface area (Å²) in [5, 5.41) is 6.61. The van der Waals surface area contributed by atoms with Crippen molar-refractivity contribution in [2.45, 2.75) is 44.6 Å². The first kappa shape index (κ1) is 10.6. The van der Waals surface area contributed by atoms with E-state index >= 15 is 0 Å². The summed E-state index contributed by atoms with van der Waals surface area (Å²) in [7, 11) is 0. The van der Waals surface area contributed by atoms with E-state index in [1.807, 2.05) is 0 Å². The van der Waals surface area contributed by atoms with Crippen LogP contribution in [0.4, 0.5) is 0 Å². The normalized spacial score (nSPS) is 30.4. The van der Waals surface area contributed by atoms with E-state index in [2.05, 4.69) is 10.6 Å². The van der Waals surface area contributed by atoms with Crippen molar-refractivity contribution < 1.29 is 4.79 Å². The summed E-state index contributed by atoms with van der Waals surface area (Å²) in [6, 6.07) is 0.390. The molecule has 3 heteroatoms. The molecule has 3 rings (SSSR count). The lowest BCUT2D eigenvalue weighted by Crippen LogP contribution is -2.48. The SMILES string of the molecule is O=C(NC1CCCNC1)C(C1CC1)C1CC1. The first-order valence-corrected chi connectivity index (χ1v) is 6.85. The number of rotatable bonds is 4. The Balaban J connectivity index is 1.53. The van der Waals surface area contributed by atoms with Crippen molar-refractivity contribution in [2.75, 3.05) is 13.1 Å². The summed E-state index contributed by atoms with van der Waals surface area (Å²) in [5.74, 6) is 2.17. The molecule has 1 atom stereocenters. The van der Waals surface area contributed by atoms with Crippen LogP contribution < -0.4 is 10.6 Å². The minimum absolute atomic E-state index is 0.360. The first-order valence-electron chi connectivity index (χ1n) is 6.85. The molecule has 2 N–H and O–H groups in total. The van der Waals surface area contributed by atoms with Crippen molar-refractivity contribution in [1.29, 1.82) is 0 Å². The molecule has 2 saturated carbocycles. The largest absolute Gasteiger partial charge is 0.352 e. The molecule has 1 saturated heterocycles. The fourth-order valence-corrected chi connectivity index (χ4v) is 3.00. The molecular weight excluding hydrogens is 200 g/mol. The highest BCUT2D eigenvalue weighted by molar-refractivity contribution is 5.80. The molecule has 1 unspecified atom stereocenters. The van der Waals surface area contributed by atoms with Crippen LogP contribution in [0.1, 0.15) is 38.5 Å². The minimum Gasteiger partial charge on any atom is -0.352 e. The molecule has 1 heterocycles. The van der Waals surface area contributed by atoms with Gasteiger partial charge in [0.05, 0.1) is 0 Å². The number of hydrogen-bond donors (Lipinski definition) is 2. The highest BCUT2D eigenvalue weighted by Crippen LogP contribution is 2.49. The van der Waals surface area contributed by atoms with Gasteiger partial charge in [0.1, 0.15) is 0 Å². The molecule has 1 amide bonds. The molecule has 0 spiro atoms. The predicted octanol–water partition coefficient (Wildman–Crippen LogP) is 1.29. The Kier molecular flexibility index (Phi) is 2.88. The Morgan fingerprint density at radius 2 is 1.81 bits per heavy atom. The molecule has 2 aliphatic carbocycles. The Bertz CT molecular complexity index is 253. The minimum atomic E-state index is 0.360. The quantitative estimate of drug-likeness (QED) is 0.752. The number of carbonyl (C=O) groups is 1. The summed E-state index contributed by atoms with van der Waals surface area (Å²) in [5.41, 5.74) is 0. The van der Waals surface area contributed by atoms with Crippen molar-refractivity contribution in [2.24, 2.45) is 17.8 Å². The van der Waals surface area contributed by atoms with Gasteiger partial charge < -0.3 is 10.6 Å². The first-order chi connectivity index (χ1) is 7.84. The highest BCUT2D eigenvalue weighted by Gasteiger charge is 2.45. The van der Waals surface area contributed by atoms with Gasteiger partial charge in [0.15, 0.2) is 0 Å². The molecule has 3 nitrogen and oxygen atoms in total. The van der Waals surface area contributed by atoms with Gasteiger partial charge in [-0.3, -0.25) is 4.79 Å². The van der Waals surface area contributed by atoms with Crippen molar-refractivity contribution >= 4 is 5.91 Å². The van der Waals surface area contributed by atoms with Crippen LogP contribution in [0.5, 0.6) is 0 Å². The smallest absolute Gasteiger partial charge is 0.223 e. The third-order valence-corrected chi connectivity index (χ3v) is 4.21.